The number of Topliss-reactive ketones (excluding diaryl/α,β-unsaturated/α-hetero) is 1. The number of esters is 1. The minimum atomic E-state index is -1.37. The monoisotopic (exact) mass is 360 g/mol. The topological polar surface area (TPSA) is 89.9 Å². The van der Waals surface area contributed by atoms with E-state index in [9.17, 15) is 14.4 Å². The number of aliphatic carboxylic acids is 1. The molecule has 0 unspecified atom stereocenters. The summed E-state index contributed by atoms with van der Waals surface area (Å²) in [4.78, 5) is 36.4. The summed E-state index contributed by atoms with van der Waals surface area (Å²) < 4.78 is 11.8. The van der Waals surface area contributed by atoms with E-state index in [4.69, 9.17) is 14.6 Å². The van der Waals surface area contributed by atoms with Crippen LogP contribution in [0.4, 0.5) is 0 Å². The number of hydrogen-bond donors (Lipinski definition) is 1. The van der Waals surface area contributed by atoms with Gasteiger partial charge < -0.3 is 14.6 Å². The zero-order chi connectivity index (χ0) is 19.1. The Kier molecular flexibility index (Phi) is 4.65. The minimum absolute atomic E-state index is 0.110. The number of carboxylic acids is 1. The minimum Gasteiger partial charge on any atom is -0.481 e. The molecule has 1 aliphatic heterocycles. The fraction of sp³-hybridized carbons (Fsp3) is 0.550. The molecular formula is C20H24O6. The van der Waals surface area contributed by atoms with E-state index < -0.39 is 41.1 Å². The molecule has 1 aromatic carbocycles. The molecule has 1 aromatic rings. The van der Waals surface area contributed by atoms with E-state index in [-0.39, 0.29) is 18.6 Å². The van der Waals surface area contributed by atoms with E-state index in [0.29, 0.717) is 12.0 Å². The van der Waals surface area contributed by atoms with E-state index in [0.717, 1.165) is 0 Å². The van der Waals surface area contributed by atoms with Crippen LogP contribution in [0.3, 0.4) is 0 Å². The van der Waals surface area contributed by atoms with Crippen LogP contribution in [-0.4, -0.2) is 29.1 Å². The molecule has 0 radical (unpaired) electrons. The van der Waals surface area contributed by atoms with Crippen LogP contribution in [0.2, 0.25) is 0 Å². The molecule has 1 saturated carbocycles. The molecule has 0 aromatic heterocycles. The molecule has 0 spiro atoms. The molecule has 0 bridgehead atoms. The van der Waals surface area contributed by atoms with Gasteiger partial charge in [0, 0.05) is 23.7 Å². The summed E-state index contributed by atoms with van der Waals surface area (Å²) in [6.07, 6.45) is -0.549. The van der Waals surface area contributed by atoms with Gasteiger partial charge in [-0.15, -0.1) is 0 Å². The number of carbonyl (C=O) groups excluding carboxylic acids is 2. The Hall–Kier alpha value is -2.21. The van der Waals surface area contributed by atoms with Gasteiger partial charge in [0.05, 0.1) is 6.42 Å². The van der Waals surface area contributed by atoms with E-state index in [1.807, 2.05) is 39.0 Å². The van der Waals surface area contributed by atoms with E-state index >= 15 is 0 Å². The SMILES string of the molecule is CC(C)(C)[C@H]1OC(=O)[C@](c2ccccc2)([C@H]2CC(=O)[C@@H](CC(=O)O)C2)O1. The molecule has 3 rings (SSSR count). The highest BCUT2D eigenvalue weighted by molar-refractivity contribution is 5.90. The number of benzene rings is 1. The van der Waals surface area contributed by atoms with Crippen molar-refractivity contribution in [1.29, 1.82) is 0 Å². The fourth-order valence-electron chi connectivity index (χ4n) is 3.83. The van der Waals surface area contributed by atoms with E-state index in [1.165, 1.54) is 0 Å². The molecule has 4 atom stereocenters. The van der Waals surface area contributed by atoms with Crippen molar-refractivity contribution in [3.63, 3.8) is 0 Å². The van der Waals surface area contributed by atoms with Crippen molar-refractivity contribution >= 4 is 17.7 Å². The Bertz CT molecular complexity index is 720. The van der Waals surface area contributed by atoms with Crippen molar-refractivity contribution in [2.24, 2.45) is 17.3 Å². The lowest BCUT2D eigenvalue weighted by Crippen LogP contribution is -2.41. The molecule has 0 amide bonds. The predicted octanol–water partition coefficient (Wildman–Crippen LogP) is 2.90. The van der Waals surface area contributed by atoms with Crippen LogP contribution in [0, 0.1) is 17.3 Å². The number of carboxylic acid groups (broad SMARTS) is 1. The normalized spacial score (nSPS) is 31.9. The summed E-state index contributed by atoms with van der Waals surface area (Å²) in [5.74, 6) is -2.69. The first-order chi connectivity index (χ1) is 12.1. The number of ketones is 1. The van der Waals surface area contributed by atoms with Crippen LogP contribution in [0.5, 0.6) is 0 Å². The molecule has 6 heteroatoms. The zero-order valence-electron chi connectivity index (χ0n) is 15.2. The summed E-state index contributed by atoms with van der Waals surface area (Å²) in [7, 11) is 0. The van der Waals surface area contributed by atoms with Crippen LogP contribution in [0.25, 0.3) is 0 Å². The first-order valence-electron chi connectivity index (χ1n) is 8.83. The second kappa shape index (κ2) is 6.50. The van der Waals surface area contributed by atoms with Gasteiger partial charge in [0.15, 0.2) is 5.60 Å². The summed E-state index contributed by atoms with van der Waals surface area (Å²) in [5, 5.41) is 9.05. The molecule has 6 nitrogen and oxygen atoms in total. The number of cyclic esters (lactones) is 1. The zero-order valence-corrected chi connectivity index (χ0v) is 15.2. The molecule has 1 N–H and O–H groups in total. The lowest BCUT2D eigenvalue weighted by molar-refractivity contribution is -0.162. The highest BCUT2D eigenvalue weighted by atomic mass is 16.8. The molecular weight excluding hydrogens is 336 g/mol. The number of carbonyl (C=O) groups is 3. The van der Waals surface area contributed by atoms with Gasteiger partial charge in [-0.2, -0.15) is 0 Å². The third kappa shape index (κ3) is 3.14. The van der Waals surface area contributed by atoms with Gasteiger partial charge in [-0.1, -0.05) is 51.1 Å². The van der Waals surface area contributed by atoms with E-state index in [2.05, 4.69) is 0 Å². The molecule has 2 fully saturated rings. The summed E-state index contributed by atoms with van der Waals surface area (Å²) in [6, 6.07) is 9.04. The van der Waals surface area contributed by atoms with Crippen LogP contribution in [-0.2, 0) is 29.5 Å². The van der Waals surface area contributed by atoms with Gasteiger partial charge in [0.25, 0.3) is 0 Å². The van der Waals surface area contributed by atoms with Crippen LogP contribution in [0.1, 0.15) is 45.6 Å². The Morgan fingerprint density at radius 2 is 1.88 bits per heavy atom. The molecule has 1 heterocycles. The maximum Gasteiger partial charge on any atom is 0.345 e. The van der Waals surface area contributed by atoms with Crippen LogP contribution >= 0.6 is 0 Å². The number of hydrogen-bond acceptors (Lipinski definition) is 5. The molecule has 140 valence electrons. The molecule has 1 saturated heterocycles. The van der Waals surface area contributed by atoms with Crippen molar-refractivity contribution in [1.82, 2.24) is 0 Å². The maximum atomic E-state index is 13.0. The van der Waals surface area contributed by atoms with Crippen LogP contribution in [0.15, 0.2) is 30.3 Å². The first-order valence-corrected chi connectivity index (χ1v) is 8.83. The average Bonchev–Trinajstić information content (AvgIpc) is 3.09. The quantitative estimate of drug-likeness (QED) is 0.831. The Balaban J connectivity index is 2.00. The van der Waals surface area contributed by atoms with Gasteiger partial charge in [0.1, 0.15) is 5.78 Å². The number of rotatable bonds is 4. The van der Waals surface area contributed by atoms with Gasteiger partial charge in [0.2, 0.25) is 6.29 Å². The van der Waals surface area contributed by atoms with Crippen molar-refractivity contribution in [3.8, 4) is 0 Å². The Morgan fingerprint density at radius 1 is 1.23 bits per heavy atom. The van der Waals surface area contributed by atoms with Gasteiger partial charge >= 0.3 is 11.9 Å². The summed E-state index contributed by atoms with van der Waals surface area (Å²) in [6.45, 7) is 5.75. The Morgan fingerprint density at radius 3 is 2.42 bits per heavy atom. The second-order valence-corrected chi connectivity index (χ2v) is 8.22. The second-order valence-electron chi connectivity index (χ2n) is 8.22. The highest BCUT2D eigenvalue weighted by Crippen LogP contribution is 2.51. The van der Waals surface area contributed by atoms with Gasteiger partial charge in [-0.3, -0.25) is 9.59 Å². The lowest BCUT2D eigenvalue weighted by atomic mass is 9.79. The van der Waals surface area contributed by atoms with Crippen molar-refractivity contribution < 1.29 is 29.0 Å². The largest absolute Gasteiger partial charge is 0.481 e. The smallest absolute Gasteiger partial charge is 0.345 e. The first kappa shape index (κ1) is 18.6. The average molecular weight is 360 g/mol. The highest BCUT2D eigenvalue weighted by Gasteiger charge is 2.61. The summed E-state index contributed by atoms with van der Waals surface area (Å²) in [5.41, 5.74) is -1.15. The maximum absolute atomic E-state index is 13.0. The van der Waals surface area contributed by atoms with Crippen LogP contribution < -0.4 is 0 Å². The van der Waals surface area contributed by atoms with Crippen molar-refractivity contribution in [2.75, 3.05) is 0 Å². The van der Waals surface area contributed by atoms with Gasteiger partial charge in [-0.05, 0) is 12.0 Å². The fourth-order valence-corrected chi connectivity index (χ4v) is 3.83. The lowest BCUT2D eigenvalue weighted by Gasteiger charge is -2.33. The molecule has 26 heavy (non-hydrogen) atoms. The van der Waals surface area contributed by atoms with Crippen molar-refractivity contribution in [3.05, 3.63) is 35.9 Å². The molecule has 1 aliphatic carbocycles. The van der Waals surface area contributed by atoms with Crippen molar-refractivity contribution in [2.45, 2.75) is 51.9 Å². The van der Waals surface area contributed by atoms with Gasteiger partial charge in [-0.25, -0.2) is 4.79 Å². The Labute approximate surface area is 152 Å². The third-order valence-corrected chi connectivity index (χ3v) is 5.19. The standard InChI is InChI=1S/C20H24O6/c1-19(2,3)18-25-17(24)20(26-18,13-7-5-4-6-8-13)14-9-12(10-16(22)23)15(21)11-14/h4-8,12,14,18H,9-11H2,1-3H3,(H,22,23)/t12-,14-,18+,20+/m1/s1. The predicted molar refractivity (Wildman–Crippen MR) is 92.0 cm³/mol. The third-order valence-electron chi connectivity index (χ3n) is 5.19. The summed E-state index contributed by atoms with van der Waals surface area (Å²) >= 11 is 0. The molecule has 2 aliphatic rings. The number of ether oxygens (including phenoxy) is 2. The van der Waals surface area contributed by atoms with E-state index in [1.54, 1.807) is 12.1 Å².